The zero-order chi connectivity index (χ0) is 24.1. The van der Waals surface area contributed by atoms with E-state index in [2.05, 4.69) is 63.9 Å². The van der Waals surface area contributed by atoms with E-state index in [1.807, 2.05) is 0 Å². The van der Waals surface area contributed by atoms with Crippen molar-refractivity contribution >= 4 is 102 Å². The summed E-state index contributed by atoms with van der Waals surface area (Å²) >= 11 is 12.7. The van der Waals surface area contributed by atoms with Crippen LogP contribution in [0, 0.1) is 5.92 Å². The molecule has 4 aromatic rings. The molecule has 0 aliphatic rings. The second-order valence-electron chi connectivity index (χ2n) is 9.41. The summed E-state index contributed by atoms with van der Waals surface area (Å²) < 4.78 is 6.22. The van der Waals surface area contributed by atoms with E-state index in [9.17, 15) is 4.79 Å². The molecule has 0 spiro atoms. The van der Waals surface area contributed by atoms with Crippen molar-refractivity contribution < 1.29 is 4.79 Å². The summed E-state index contributed by atoms with van der Waals surface area (Å²) in [6.07, 6.45) is 14.7. The maximum absolute atomic E-state index is 13.8. The Bertz CT molecular complexity index is 1180. The van der Waals surface area contributed by atoms with Crippen LogP contribution in [0.1, 0.15) is 101 Å². The predicted molar refractivity (Wildman–Crippen MR) is 163 cm³/mol. The molecule has 6 heteroatoms. The molecule has 3 aromatic heterocycles. The SMILES string of the molecule is CCCCCCCCC(CCCCCC)C(=O)c1cc2c3cc(Br)sc3c3sc(Br)cc3c2s1. The summed E-state index contributed by atoms with van der Waals surface area (Å²) in [6, 6.07) is 6.67. The number of benzene rings is 1. The second-order valence-corrected chi connectivity index (χ2v) is 15.3. The van der Waals surface area contributed by atoms with Gasteiger partial charge in [-0.1, -0.05) is 78.1 Å². The van der Waals surface area contributed by atoms with Crippen LogP contribution in [0.15, 0.2) is 25.8 Å². The number of carbonyl (C=O) groups excluding carboxylic acids is 1. The Morgan fingerprint density at radius 2 is 1.18 bits per heavy atom. The standard InChI is InChI=1S/C28H34Br2OS3/c1-3-5-7-9-10-12-14-18(13-11-8-6-4-2)25(31)22-15-19-20-16-23(29)33-27(20)28-21(26(19)32-22)17-24(30)34-28/h15-18H,3-14H2,1-2H3. The number of thiophene rings is 3. The number of rotatable bonds is 14. The minimum atomic E-state index is 0.172. The zero-order valence-electron chi connectivity index (χ0n) is 20.2. The molecular weight excluding hydrogens is 608 g/mol. The Kier molecular flexibility index (Phi) is 10.1. The van der Waals surface area contributed by atoms with Gasteiger partial charge in [0.1, 0.15) is 0 Å². The lowest BCUT2D eigenvalue weighted by Crippen LogP contribution is -2.14. The van der Waals surface area contributed by atoms with Gasteiger partial charge in [0.05, 0.1) is 21.8 Å². The fourth-order valence-corrected chi connectivity index (χ4v) is 9.59. The van der Waals surface area contributed by atoms with Crippen LogP contribution >= 0.6 is 65.9 Å². The highest BCUT2D eigenvalue weighted by molar-refractivity contribution is 9.11. The Balaban J connectivity index is 1.60. The van der Waals surface area contributed by atoms with Gasteiger partial charge >= 0.3 is 0 Å². The summed E-state index contributed by atoms with van der Waals surface area (Å²) in [7, 11) is 0. The number of hydrogen-bond acceptors (Lipinski definition) is 4. The molecule has 0 N–H and O–H groups in total. The summed E-state index contributed by atoms with van der Waals surface area (Å²) in [5.41, 5.74) is 0. The van der Waals surface area contributed by atoms with E-state index in [1.54, 1.807) is 34.0 Å². The molecule has 1 aromatic carbocycles. The number of carbonyl (C=O) groups is 1. The summed E-state index contributed by atoms with van der Waals surface area (Å²) in [6.45, 7) is 4.52. The van der Waals surface area contributed by atoms with Crippen molar-refractivity contribution in [1.29, 1.82) is 0 Å². The summed E-state index contributed by atoms with van der Waals surface area (Å²) in [5.74, 6) is 0.557. The Hall–Kier alpha value is -0.270. The maximum atomic E-state index is 13.8. The van der Waals surface area contributed by atoms with Gasteiger partial charge in [-0.2, -0.15) is 0 Å². The van der Waals surface area contributed by atoms with Gasteiger partial charge in [-0.05, 0) is 62.9 Å². The van der Waals surface area contributed by atoms with Crippen molar-refractivity contribution in [1.82, 2.24) is 0 Å². The molecule has 34 heavy (non-hydrogen) atoms. The van der Waals surface area contributed by atoms with E-state index in [-0.39, 0.29) is 5.92 Å². The molecule has 184 valence electrons. The van der Waals surface area contributed by atoms with Crippen LogP contribution in [-0.4, -0.2) is 5.78 Å². The average molecular weight is 643 g/mol. The van der Waals surface area contributed by atoms with Crippen LogP contribution in [-0.2, 0) is 0 Å². The minimum Gasteiger partial charge on any atom is -0.293 e. The van der Waals surface area contributed by atoms with E-state index >= 15 is 0 Å². The maximum Gasteiger partial charge on any atom is 0.175 e. The lowest BCUT2D eigenvalue weighted by molar-refractivity contribution is 0.0906. The molecule has 0 aliphatic heterocycles. The van der Waals surface area contributed by atoms with Crippen molar-refractivity contribution in [3.05, 3.63) is 30.6 Å². The number of halogens is 2. The molecule has 4 rings (SSSR count). The highest BCUT2D eigenvalue weighted by Gasteiger charge is 2.24. The molecule has 1 unspecified atom stereocenters. The van der Waals surface area contributed by atoms with Gasteiger partial charge < -0.3 is 0 Å². The molecular formula is C28H34Br2OS3. The molecule has 3 heterocycles. The van der Waals surface area contributed by atoms with Gasteiger partial charge in [-0.25, -0.2) is 0 Å². The normalized spacial score (nSPS) is 12.9. The van der Waals surface area contributed by atoms with Gasteiger partial charge in [0.2, 0.25) is 0 Å². The second kappa shape index (κ2) is 12.8. The summed E-state index contributed by atoms with van der Waals surface area (Å²) in [5, 5.41) is 3.81. The first-order valence-corrected chi connectivity index (χ1v) is 16.8. The molecule has 1 nitrogen and oxygen atoms in total. The number of fused-ring (bicyclic) bond motifs is 6. The fourth-order valence-electron chi connectivity index (χ4n) is 4.94. The number of ketones is 1. The van der Waals surface area contributed by atoms with Crippen LogP contribution in [0.3, 0.4) is 0 Å². The Morgan fingerprint density at radius 3 is 1.82 bits per heavy atom. The van der Waals surface area contributed by atoms with Crippen LogP contribution in [0.2, 0.25) is 0 Å². The monoisotopic (exact) mass is 640 g/mol. The van der Waals surface area contributed by atoms with E-state index < -0.39 is 0 Å². The molecule has 0 fully saturated rings. The van der Waals surface area contributed by atoms with E-state index in [4.69, 9.17) is 0 Å². The quantitative estimate of drug-likeness (QED) is 0.0988. The van der Waals surface area contributed by atoms with Crippen LogP contribution < -0.4 is 0 Å². The molecule has 0 radical (unpaired) electrons. The Labute approximate surface area is 232 Å². The van der Waals surface area contributed by atoms with Crippen molar-refractivity contribution in [3.63, 3.8) is 0 Å². The molecule has 0 bridgehead atoms. The van der Waals surface area contributed by atoms with E-state index in [0.29, 0.717) is 5.78 Å². The first kappa shape index (κ1) is 26.8. The molecule has 0 saturated carbocycles. The number of unbranched alkanes of at least 4 members (excludes halogenated alkanes) is 8. The molecule has 0 saturated heterocycles. The van der Waals surface area contributed by atoms with Gasteiger partial charge in [0.15, 0.2) is 5.78 Å². The molecule has 0 aliphatic carbocycles. The third kappa shape index (κ3) is 6.16. The van der Waals surface area contributed by atoms with Crippen molar-refractivity contribution in [3.8, 4) is 0 Å². The third-order valence-electron chi connectivity index (χ3n) is 6.80. The van der Waals surface area contributed by atoms with Crippen molar-refractivity contribution in [2.75, 3.05) is 0 Å². The van der Waals surface area contributed by atoms with Gasteiger partial charge in [-0.3, -0.25) is 4.79 Å². The van der Waals surface area contributed by atoms with Crippen molar-refractivity contribution in [2.45, 2.75) is 90.9 Å². The number of hydrogen-bond donors (Lipinski definition) is 0. The zero-order valence-corrected chi connectivity index (χ0v) is 25.8. The minimum absolute atomic E-state index is 0.172. The highest BCUT2D eigenvalue weighted by atomic mass is 79.9. The lowest BCUT2D eigenvalue weighted by Gasteiger charge is -2.15. The summed E-state index contributed by atoms with van der Waals surface area (Å²) in [4.78, 5) is 14.8. The average Bonchev–Trinajstić information content (AvgIpc) is 3.52. The molecule has 0 amide bonds. The highest BCUT2D eigenvalue weighted by Crippen LogP contribution is 2.48. The Morgan fingerprint density at radius 1 is 0.676 bits per heavy atom. The molecule has 1 atom stereocenters. The van der Waals surface area contributed by atoms with E-state index in [1.165, 1.54) is 94.5 Å². The third-order valence-corrected chi connectivity index (χ3v) is 11.4. The van der Waals surface area contributed by atoms with Gasteiger partial charge in [0.25, 0.3) is 0 Å². The fraction of sp³-hybridized carbons (Fsp3) is 0.536. The van der Waals surface area contributed by atoms with Gasteiger partial charge in [-0.15, -0.1) is 34.0 Å². The van der Waals surface area contributed by atoms with E-state index in [0.717, 1.165) is 25.3 Å². The first-order valence-electron chi connectivity index (χ1n) is 12.8. The van der Waals surface area contributed by atoms with Gasteiger partial charge in [0, 0.05) is 26.8 Å². The largest absolute Gasteiger partial charge is 0.293 e. The van der Waals surface area contributed by atoms with Crippen LogP contribution in [0.5, 0.6) is 0 Å². The topological polar surface area (TPSA) is 17.1 Å². The first-order chi connectivity index (χ1) is 16.5. The smallest absolute Gasteiger partial charge is 0.175 e. The van der Waals surface area contributed by atoms with Crippen LogP contribution in [0.4, 0.5) is 0 Å². The predicted octanol–water partition coefficient (Wildman–Crippen LogP) is 12.4. The lowest BCUT2D eigenvalue weighted by atomic mass is 9.90. The van der Waals surface area contributed by atoms with Crippen LogP contribution in [0.25, 0.3) is 30.3 Å². The number of Topliss-reactive ketones (excluding diaryl/α,β-unsaturated/α-hetero) is 1. The van der Waals surface area contributed by atoms with Crippen molar-refractivity contribution in [2.24, 2.45) is 5.92 Å².